The molecule has 1 aliphatic heterocycles. The van der Waals surface area contributed by atoms with Crippen LogP contribution in [0.1, 0.15) is 56.6 Å². The first kappa shape index (κ1) is 15.6. The monoisotopic (exact) mass is 278 g/mol. The summed E-state index contributed by atoms with van der Waals surface area (Å²) in [5.41, 5.74) is 1.28. The summed E-state index contributed by atoms with van der Waals surface area (Å²) >= 11 is 0. The summed E-state index contributed by atoms with van der Waals surface area (Å²) in [5.74, 6) is 3.18. The molecule has 1 fully saturated rings. The molecule has 0 unspecified atom stereocenters. The maximum absolute atomic E-state index is 6.01. The van der Waals surface area contributed by atoms with Gasteiger partial charge in [-0.05, 0) is 63.4 Å². The van der Waals surface area contributed by atoms with Gasteiger partial charge in [-0.1, -0.05) is 20.3 Å². The van der Waals surface area contributed by atoms with Crippen molar-refractivity contribution in [1.29, 1.82) is 0 Å². The fourth-order valence-electron chi connectivity index (χ4n) is 3.00. The van der Waals surface area contributed by atoms with E-state index in [4.69, 9.17) is 4.42 Å². The average molecular weight is 278 g/mol. The van der Waals surface area contributed by atoms with Gasteiger partial charge in [-0.2, -0.15) is 0 Å². The first-order valence-corrected chi connectivity index (χ1v) is 8.24. The molecule has 0 amide bonds. The minimum Gasteiger partial charge on any atom is -0.463 e. The largest absolute Gasteiger partial charge is 0.463 e. The van der Waals surface area contributed by atoms with Crippen molar-refractivity contribution < 1.29 is 4.42 Å². The Hall–Kier alpha value is -0.800. The molecule has 0 aliphatic carbocycles. The molecular weight excluding hydrogens is 248 g/mol. The lowest BCUT2D eigenvalue weighted by atomic mass is 9.94. The summed E-state index contributed by atoms with van der Waals surface area (Å²) in [7, 11) is 0. The molecule has 3 nitrogen and oxygen atoms in total. The highest BCUT2D eigenvalue weighted by atomic mass is 16.3. The SMILES string of the molecule is CCCNCc1oc(CN2CCC(CC)CC2)cc1C. The number of likely N-dealkylation sites (tertiary alicyclic amines) is 1. The van der Waals surface area contributed by atoms with E-state index in [1.807, 2.05) is 0 Å². The van der Waals surface area contributed by atoms with E-state index < -0.39 is 0 Å². The maximum atomic E-state index is 6.01. The Morgan fingerprint density at radius 1 is 1.30 bits per heavy atom. The van der Waals surface area contributed by atoms with Gasteiger partial charge in [0.05, 0.1) is 13.1 Å². The van der Waals surface area contributed by atoms with Gasteiger partial charge in [0, 0.05) is 0 Å². The predicted molar refractivity (Wildman–Crippen MR) is 83.7 cm³/mol. The third kappa shape index (κ3) is 4.35. The van der Waals surface area contributed by atoms with Crippen LogP contribution in [0.3, 0.4) is 0 Å². The van der Waals surface area contributed by atoms with Gasteiger partial charge in [0.25, 0.3) is 0 Å². The van der Waals surface area contributed by atoms with Gasteiger partial charge in [0.2, 0.25) is 0 Å². The molecule has 1 aromatic heterocycles. The topological polar surface area (TPSA) is 28.4 Å². The molecule has 0 bridgehead atoms. The summed E-state index contributed by atoms with van der Waals surface area (Å²) in [6, 6.07) is 2.22. The third-order valence-electron chi connectivity index (χ3n) is 4.45. The molecule has 114 valence electrons. The quantitative estimate of drug-likeness (QED) is 0.771. The molecule has 0 spiro atoms. The van der Waals surface area contributed by atoms with Crippen molar-refractivity contribution >= 4 is 0 Å². The number of rotatable bonds is 7. The van der Waals surface area contributed by atoms with Crippen LogP contribution in [-0.4, -0.2) is 24.5 Å². The molecular formula is C17H30N2O. The van der Waals surface area contributed by atoms with Crippen molar-refractivity contribution in [1.82, 2.24) is 10.2 Å². The number of nitrogens with zero attached hydrogens (tertiary/aromatic N) is 1. The van der Waals surface area contributed by atoms with Crippen LogP contribution in [0.4, 0.5) is 0 Å². The van der Waals surface area contributed by atoms with Crippen molar-refractivity contribution in [2.45, 2.75) is 59.5 Å². The third-order valence-corrected chi connectivity index (χ3v) is 4.45. The zero-order chi connectivity index (χ0) is 14.4. The van der Waals surface area contributed by atoms with Gasteiger partial charge < -0.3 is 9.73 Å². The Bertz CT molecular complexity index is 392. The Labute approximate surface area is 123 Å². The summed E-state index contributed by atoms with van der Waals surface area (Å²) in [6.07, 6.45) is 5.20. The molecule has 0 atom stereocenters. The standard InChI is InChI=1S/C17H30N2O/c1-4-8-18-12-17-14(3)11-16(20-17)13-19-9-6-15(5-2)7-10-19/h11,15,18H,4-10,12-13H2,1-3H3. The van der Waals surface area contributed by atoms with Crippen molar-refractivity contribution in [3.05, 3.63) is 23.2 Å². The molecule has 1 aromatic rings. The van der Waals surface area contributed by atoms with Crippen LogP contribution in [0.25, 0.3) is 0 Å². The summed E-state index contributed by atoms with van der Waals surface area (Å²) in [6.45, 7) is 12.0. The van der Waals surface area contributed by atoms with Gasteiger partial charge in [-0.15, -0.1) is 0 Å². The molecule has 0 radical (unpaired) electrons. The number of hydrogen-bond donors (Lipinski definition) is 1. The molecule has 20 heavy (non-hydrogen) atoms. The van der Waals surface area contributed by atoms with Crippen LogP contribution in [0.15, 0.2) is 10.5 Å². The molecule has 0 saturated carbocycles. The fraction of sp³-hybridized carbons (Fsp3) is 0.765. The van der Waals surface area contributed by atoms with Crippen LogP contribution in [0.5, 0.6) is 0 Å². The van der Waals surface area contributed by atoms with Gasteiger partial charge in [-0.25, -0.2) is 0 Å². The second kappa shape index (κ2) is 7.84. The number of piperidine rings is 1. The first-order valence-electron chi connectivity index (χ1n) is 8.24. The zero-order valence-corrected chi connectivity index (χ0v) is 13.4. The molecule has 3 heteroatoms. The van der Waals surface area contributed by atoms with Gasteiger partial charge in [-0.3, -0.25) is 4.90 Å². The first-order chi connectivity index (χ1) is 9.72. The molecule has 1 aliphatic rings. The van der Waals surface area contributed by atoms with E-state index in [-0.39, 0.29) is 0 Å². The smallest absolute Gasteiger partial charge is 0.120 e. The lowest BCUT2D eigenvalue weighted by Gasteiger charge is -2.30. The maximum Gasteiger partial charge on any atom is 0.120 e. The Morgan fingerprint density at radius 2 is 2.05 bits per heavy atom. The van der Waals surface area contributed by atoms with Gasteiger partial charge >= 0.3 is 0 Å². The van der Waals surface area contributed by atoms with Crippen LogP contribution >= 0.6 is 0 Å². The van der Waals surface area contributed by atoms with E-state index in [0.717, 1.165) is 37.1 Å². The molecule has 1 saturated heterocycles. The highest BCUT2D eigenvalue weighted by Crippen LogP contribution is 2.23. The summed E-state index contributed by atoms with van der Waals surface area (Å²) in [5, 5.41) is 3.42. The number of aryl methyl sites for hydroxylation is 1. The van der Waals surface area contributed by atoms with Crippen molar-refractivity contribution in [2.24, 2.45) is 5.92 Å². The summed E-state index contributed by atoms with van der Waals surface area (Å²) < 4.78 is 6.01. The van der Waals surface area contributed by atoms with Crippen LogP contribution in [-0.2, 0) is 13.1 Å². The lowest BCUT2D eigenvalue weighted by Crippen LogP contribution is -2.32. The fourth-order valence-corrected chi connectivity index (χ4v) is 3.00. The zero-order valence-electron chi connectivity index (χ0n) is 13.4. The minimum absolute atomic E-state index is 0.859. The van der Waals surface area contributed by atoms with E-state index in [2.05, 4.69) is 37.1 Å². The molecule has 0 aromatic carbocycles. The van der Waals surface area contributed by atoms with Gasteiger partial charge in [0.1, 0.15) is 11.5 Å². The van der Waals surface area contributed by atoms with E-state index in [9.17, 15) is 0 Å². The van der Waals surface area contributed by atoms with E-state index in [0.29, 0.717) is 0 Å². The number of hydrogen-bond acceptors (Lipinski definition) is 3. The van der Waals surface area contributed by atoms with E-state index in [1.165, 1.54) is 44.3 Å². The van der Waals surface area contributed by atoms with Crippen LogP contribution in [0.2, 0.25) is 0 Å². The highest BCUT2D eigenvalue weighted by molar-refractivity contribution is 5.20. The van der Waals surface area contributed by atoms with Crippen molar-refractivity contribution in [3.8, 4) is 0 Å². The van der Waals surface area contributed by atoms with E-state index >= 15 is 0 Å². The Morgan fingerprint density at radius 3 is 2.70 bits per heavy atom. The van der Waals surface area contributed by atoms with Crippen molar-refractivity contribution in [3.63, 3.8) is 0 Å². The van der Waals surface area contributed by atoms with Gasteiger partial charge in [0.15, 0.2) is 0 Å². The second-order valence-electron chi connectivity index (χ2n) is 6.12. The molecule has 2 rings (SSSR count). The predicted octanol–water partition coefficient (Wildman–Crippen LogP) is 3.71. The second-order valence-corrected chi connectivity index (χ2v) is 6.12. The minimum atomic E-state index is 0.859. The average Bonchev–Trinajstić information content (AvgIpc) is 2.80. The lowest BCUT2D eigenvalue weighted by molar-refractivity contribution is 0.163. The molecule has 1 N–H and O–H groups in total. The normalized spacial score (nSPS) is 17.8. The van der Waals surface area contributed by atoms with E-state index in [1.54, 1.807) is 0 Å². The number of nitrogens with one attached hydrogen (secondary N) is 1. The van der Waals surface area contributed by atoms with Crippen LogP contribution < -0.4 is 5.32 Å². The Kier molecular flexibility index (Phi) is 6.11. The Balaban J connectivity index is 1.82. The van der Waals surface area contributed by atoms with Crippen LogP contribution in [0, 0.1) is 12.8 Å². The van der Waals surface area contributed by atoms with Crippen molar-refractivity contribution in [2.75, 3.05) is 19.6 Å². The highest BCUT2D eigenvalue weighted by Gasteiger charge is 2.19. The number of furan rings is 1. The molecule has 2 heterocycles. The summed E-state index contributed by atoms with van der Waals surface area (Å²) in [4.78, 5) is 2.54.